The number of ether oxygens (including phenoxy) is 1. The molecule has 4 nitrogen and oxygen atoms in total. The second kappa shape index (κ2) is 8.67. The van der Waals surface area contributed by atoms with Gasteiger partial charge < -0.3 is 15.4 Å². The quantitative estimate of drug-likeness (QED) is 0.700. The predicted octanol–water partition coefficient (Wildman–Crippen LogP) is 1.55. The minimum atomic E-state index is 0.0604. The van der Waals surface area contributed by atoms with Crippen molar-refractivity contribution in [3.63, 3.8) is 0 Å². The Morgan fingerprint density at radius 3 is 2.74 bits per heavy atom. The maximum Gasteiger partial charge on any atom is 0.221 e. The second-order valence-electron chi connectivity index (χ2n) is 4.70. The third kappa shape index (κ3) is 6.36. The van der Waals surface area contributed by atoms with Crippen LogP contribution in [0.15, 0.2) is 18.2 Å². The lowest BCUT2D eigenvalue weighted by atomic mass is 10.1. The van der Waals surface area contributed by atoms with E-state index in [2.05, 4.69) is 42.7 Å². The number of carbonyl (C=O) groups excluding carboxylic acids is 1. The summed E-state index contributed by atoms with van der Waals surface area (Å²) in [6.45, 7) is 6.83. The van der Waals surface area contributed by atoms with Crippen LogP contribution in [-0.2, 0) is 16.1 Å². The van der Waals surface area contributed by atoms with E-state index in [4.69, 9.17) is 4.74 Å². The SMILES string of the molecule is COCCNC(=O)CCNCc1ccc(C)cc1C. The van der Waals surface area contributed by atoms with Gasteiger partial charge in [0.15, 0.2) is 0 Å². The lowest BCUT2D eigenvalue weighted by molar-refractivity contribution is -0.121. The van der Waals surface area contributed by atoms with Gasteiger partial charge in [-0.25, -0.2) is 0 Å². The number of rotatable bonds is 8. The van der Waals surface area contributed by atoms with Crippen molar-refractivity contribution in [2.24, 2.45) is 0 Å². The van der Waals surface area contributed by atoms with Gasteiger partial charge in [0.25, 0.3) is 0 Å². The summed E-state index contributed by atoms with van der Waals surface area (Å²) in [5, 5.41) is 6.09. The number of hydrogen-bond acceptors (Lipinski definition) is 3. The lowest BCUT2D eigenvalue weighted by Gasteiger charge is -2.09. The number of methoxy groups -OCH3 is 1. The van der Waals surface area contributed by atoms with Crippen LogP contribution in [0.4, 0.5) is 0 Å². The Hall–Kier alpha value is -1.39. The Morgan fingerprint density at radius 2 is 2.05 bits per heavy atom. The normalized spacial score (nSPS) is 10.5. The zero-order chi connectivity index (χ0) is 14.1. The highest BCUT2D eigenvalue weighted by Crippen LogP contribution is 2.09. The average Bonchev–Trinajstić information content (AvgIpc) is 2.37. The van der Waals surface area contributed by atoms with Gasteiger partial charge in [-0.1, -0.05) is 23.8 Å². The van der Waals surface area contributed by atoms with E-state index < -0.39 is 0 Å². The van der Waals surface area contributed by atoms with E-state index in [1.54, 1.807) is 7.11 Å². The first-order valence-corrected chi connectivity index (χ1v) is 6.66. The van der Waals surface area contributed by atoms with Gasteiger partial charge >= 0.3 is 0 Å². The van der Waals surface area contributed by atoms with Gasteiger partial charge in [0.05, 0.1) is 6.61 Å². The molecule has 0 saturated heterocycles. The Bertz CT molecular complexity index is 405. The first kappa shape index (κ1) is 15.7. The monoisotopic (exact) mass is 264 g/mol. The third-order valence-electron chi connectivity index (χ3n) is 2.97. The predicted molar refractivity (Wildman–Crippen MR) is 77.1 cm³/mol. The van der Waals surface area contributed by atoms with Gasteiger partial charge in [0, 0.05) is 33.2 Å². The average molecular weight is 264 g/mol. The molecule has 0 aliphatic carbocycles. The van der Waals surface area contributed by atoms with Crippen LogP contribution in [0.1, 0.15) is 23.1 Å². The Kier molecular flexibility index (Phi) is 7.15. The summed E-state index contributed by atoms with van der Waals surface area (Å²) in [7, 11) is 1.62. The first-order chi connectivity index (χ1) is 9.13. The zero-order valence-corrected chi connectivity index (χ0v) is 12.1. The van der Waals surface area contributed by atoms with E-state index >= 15 is 0 Å². The number of benzene rings is 1. The van der Waals surface area contributed by atoms with Gasteiger partial charge in [0.2, 0.25) is 5.91 Å². The highest BCUT2D eigenvalue weighted by Gasteiger charge is 2.01. The smallest absolute Gasteiger partial charge is 0.221 e. The van der Waals surface area contributed by atoms with Gasteiger partial charge in [-0.2, -0.15) is 0 Å². The molecule has 19 heavy (non-hydrogen) atoms. The van der Waals surface area contributed by atoms with Crippen molar-refractivity contribution in [1.82, 2.24) is 10.6 Å². The molecule has 0 spiro atoms. The van der Waals surface area contributed by atoms with Crippen molar-refractivity contribution >= 4 is 5.91 Å². The third-order valence-corrected chi connectivity index (χ3v) is 2.97. The molecular formula is C15H24N2O2. The van der Waals surface area contributed by atoms with E-state index in [1.807, 2.05) is 0 Å². The fraction of sp³-hybridized carbons (Fsp3) is 0.533. The van der Waals surface area contributed by atoms with Crippen LogP contribution in [-0.4, -0.2) is 32.7 Å². The summed E-state index contributed by atoms with van der Waals surface area (Å²) in [5.74, 6) is 0.0604. The van der Waals surface area contributed by atoms with Crippen molar-refractivity contribution in [3.8, 4) is 0 Å². The standard InChI is InChI=1S/C15H24N2O2/c1-12-4-5-14(13(2)10-12)11-16-7-6-15(18)17-8-9-19-3/h4-5,10,16H,6-9,11H2,1-3H3,(H,17,18). The molecule has 106 valence electrons. The van der Waals surface area contributed by atoms with Gasteiger partial charge in [-0.05, 0) is 25.0 Å². The summed E-state index contributed by atoms with van der Waals surface area (Å²) in [4.78, 5) is 11.4. The maximum atomic E-state index is 11.4. The molecule has 2 N–H and O–H groups in total. The Balaban J connectivity index is 2.18. The number of nitrogens with one attached hydrogen (secondary N) is 2. The molecule has 1 amide bonds. The molecule has 1 aromatic rings. The van der Waals surface area contributed by atoms with E-state index in [9.17, 15) is 4.79 Å². The molecule has 4 heteroatoms. The summed E-state index contributed by atoms with van der Waals surface area (Å²) in [6, 6.07) is 6.42. The molecule has 0 bridgehead atoms. The minimum absolute atomic E-state index is 0.0604. The van der Waals surface area contributed by atoms with Crippen LogP contribution >= 0.6 is 0 Å². The van der Waals surface area contributed by atoms with Crippen LogP contribution in [0.3, 0.4) is 0 Å². The van der Waals surface area contributed by atoms with Crippen molar-refractivity contribution in [1.29, 1.82) is 0 Å². The minimum Gasteiger partial charge on any atom is -0.383 e. The zero-order valence-electron chi connectivity index (χ0n) is 12.1. The molecule has 0 radical (unpaired) electrons. The van der Waals surface area contributed by atoms with Gasteiger partial charge in [-0.15, -0.1) is 0 Å². The lowest BCUT2D eigenvalue weighted by Crippen LogP contribution is -2.30. The molecule has 0 heterocycles. The van der Waals surface area contributed by atoms with E-state index in [1.165, 1.54) is 16.7 Å². The fourth-order valence-corrected chi connectivity index (χ4v) is 1.85. The van der Waals surface area contributed by atoms with Crippen molar-refractivity contribution < 1.29 is 9.53 Å². The van der Waals surface area contributed by atoms with Crippen LogP contribution in [0.5, 0.6) is 0 Å². The highest BCUT2D eigenvalue weighted by molar-refractivity contribution is 5.76. The van der Waals surface area contributed by atoms with E-state index in [-0.39, 0.29) is 5.91 Å². The molecule has 0 fully saturated rings. The summed E-state index contributed by atoms with van der Waals surface area (Å²) in [5.41, 5.74) is 3.85. The van der Waals surface area contributed by atoms with Crippen molar-refractivity contribution in [2.45, 2.75) is 26.8 Å². The van der Waals surface area contributed by atoms with Gasteiger partial charge in [-0.3, -0.25) is 4.79 Å². The molecule has 0 aliphatic rings. The van der Waals surface area contributed by atoms with Crippen molar-refractivity contribution in [2.75, 3.05) is 26.8 Å². The summed E-state index contributed by atoms with van der Waals surface area (Å²) < 4.78 is 4.87. The van der Waals surface area contributed by atoms with Crippen LogP contribution < -0.4 is 10.6 Å². The maximum absolute atomic E-state index is 11.4. The number of amides is 1. The van der Waals surface area contributed by atoms with E-state index in [0.717, 1.165) is 6.54 Å². The topological polar surface area (TPSA) is 50.4 Å². The molecule has 0 atom stereocenters. The van der Waals surface area contributed by atoms with Crippen LogP contribution in [0, 0.1) is 13.8 Å². The Morgan fingerprint density at radius 1 is 1.26 bits per heavy atom. The molecule has 0 aliphatic heterocycles. The van der Waals surface area contributed by atoms with Crippen LogP contribution in [0.2, 0.25) is 0 Å². The fourth-order valence-electron chi connectivity index (χ4n) is 1.85. The highest BCUT2D eigenvalue weighted by atomic mass is 16.5. The number of carbonyl (C=O) groups is 1. The van der Waals surface area contributed by atoms with Crippen molar-refractivity contribution in [3.05, 3.63) is 34.9 Å². The molecule has 0 unspecified atom stereocenters. The second-order valence-corrected chi connectivity index (χ2v) is 4.70. The molecule has 0 saturated carbocycles. The van der Waals surface area contributed by atoms with E-state index in [0.29, 0.717) is 26.1 Å². The first-order valence-electron chi connectivity index (χ1n) is 6.66. The summed E-state index contributed by atoms with van der Waals surface area (Å²) >= 11 is 0. The molecule has 1 aromatic carbocycles. The largest absolute Gasteiger partial charge is 0.383 e. The molecule has 1 rings (SSSR count). The summed E-state index contributed by atoms with van der Waals surface area (Å²) in [6.07, 6.45) is 0.495. The molecular weight excluding hydrogens is 240 g/mol. The number of hydrogen-bond donors (Lipinski definition) is 2. The Labute approximate surface area is 115 Å². The number of aryl methyl sites for hydroxylation is 2. The molecule has 0 aromatic heterocycles. The van der Waals surface area contributed by atoms with Crippen LogP contribution in [0.25, 0.3) is 0 Å². The van der Waals surface area contributed by atoms with Gasteiger partial charge in [0.1, 0.15) is 0 Å².